The number of nitro groups is 1. The number of nitrogens with two attached hydrogens (primary N) is 1. The molecular formula is C15H15N3O7S. The van der Waals surface area contributed by atoms with Crippen LogP contribution in [0.25, 0.3) is 0 Å². The number of benzene rings is 2. The van der Waals surface area contributed by atoms with Gasteiger partial charge < -0.3 is 15.2 Å². The topological polar surface area (TPSA) is 151 Å². The van der Waals surface area contributed by atoms with E-state index in [1.54, 1.807) is 0 Å². The maximum atomic E-state index is 12.4. The molecule has 0 aliphatic carbocycles. The number of nitrogens with one attached hydrogen (secondary N) is 1. The number of nitro benzene ring substituents is 1. The van der Waals surface area contributed by atoms with Gasteiger partial charge in [0, 0.05) is 0 Å². The second kappa shape index (κ2) is 7.70. The minimum absolute atomic E-state index is 0.144. The molecule has 0 aromatic heterocycles. The Balaban J connectivity index is 2.26. The number of carbonyl (C=O) groups excluding carboxylic acids is 1. The number of hydrogen-bond acceptors (Lipinski definition) is 7. The molecule has 0 aliphatic heterocycles. The number of primary amides is 1. The number of rotatable bonds is 8. The first-order chi connectivity index (χ1) is 12.2. The summed E-state index contributed by atoms with van der Waals surface area (Å²) in [7, 11) is -2.74. The molecular weight excluding hydrogens is 366 g/mol. The summed E-state index contributed by atoms with van der Waals surface area (Å²) in [4.78, 5) is 20.9. The van der Waals surface area contributed by atoms with Crippen LogP contribution in [0.5, 0.6) is 11.5 Å². The lowest BCUT2D eigenvalue weighted by molar-refractivity contribution is -0.384. The number of methoxy groups -OCH3 is 1. The zero-order valence-corrected chi connectivity index (χ0v) is 14.4. The number of sulfonamides is 1. The van der Waals surface area contributed by atoms with E-state index in [9.17, 15) is 23.3 Å². The fourth-order valence-corrected chi connectivity index (χ4v) is 3.02. The van der Waals surface area contributed by atoms with E-state index in [0.717, 1.165) is 6.07 Å². The zero-order chi connectivity index (χ0) is 19.3. The van der Waals surface area contributed by atoms with Gasteiger partial charge in [0.25, 0.3) is 21.6 Å². The van der Waals surface area contributed by atoms with Crippen molar-refractivity contribution < 1.29 is 27.6 Å². The lowest BCUT2D eigenvalue weighted by Crippen LogP contribution is -2.20. The van der Waals surface area contributed by atoms with Crippen molar-refractivity contribution in [1.29, 1.82) is 0 Å². The summed E-state index contributed by atoms with van der Waals surface area (Å²) in [5, 5.41) is 11.1. The Morgan fingerprint density at radius 3 is 2.35 bits per heavy atom. The van der Waals surface area contributed by atoms with Crippen LogP contribution in [0.2, 0.25) is 0 Å². The smallest absolute Gasteiger partial charge is 0.297 e. The van der Waals surface area contributed by atoms with Gasteiger partial charge in [-0.15, -0.1) is 0 Å². The summed E-state index contributed by atoms with van der Waals surface area (Å²) in [5.41, 5.74) is 4.30. The predicted octanol–water partition coefficient (Wildman–Crippen LogP) is 1.27. The molecule has 0 fully saturated rings. The van der Waals surface area contributed by atoms with Crippen molar-refractivity contribution in [3.05, 3.63) is 52.6 Å². The van der Waals surface area contributed by atoms with Gasteiger partial charge in [0.05, 0.1) is 23.0 Å². The third-order valence-electron chi connectivity index (χ3n) is 3.16. The Kier molecular flexibility index (Phi) is 5.62. The quantitative estimate of drug-likeness (QED) is 0.516. The van der Waals surface area contributed by atoms with Crippen LogP contribution in [-0.4, -0.2) is 33.0 Å². The van der Waals surface area contributed by atoms with Crippen LogP contribution < -0.4 is 19.9 Å². The number of nitrogens with zero attached hydrogens (tertiary/aromatic N) is 1. The predicted molar refractivity (Wildman–Crippen MR) is 91.6 cm³/mol. The van der Waals surface area contributed by atoms with E-state index >= 15 is 0 Å². The van der Waals surface area contributed by atoms with E-state index in [-0.39, 0.29) is 28.7 Å². The standard InChI is InChI=1S/C15H15N3O7S/c1-24-11-4-7-13(14(8-11)18(20)21)17-26(22,23)12-5-2-10(3-6-12)25-9-15(16)19/h2-8,17H,9H2,1H3,(H2,16,19). The van der Waals surface area contributed by atoms with E-state index in [2.05, 4.69) is 4.72 Å². The van der Waals surface area contributed by atoms with Gasteiger partial charge in [0.15, 0.2) is 6.61 Å². The maximum absolute atomic E-state index is 12.4. The van der Waals surface area contributed by atoms with Gasteiger partial charge in [0.1, 0.15) is 17.2 Å². The van der Waals surface area contributed by atoms with Crippen molar-refractivity contribution in [1.82, 2.24) is 0 Å². The summed E-state index contributed by atoms with van der Waals surface area (Å²) in [6, 6.07) is 8.87. The van der Waals surface area contributed by atoms with Crippen molar-refractivity contribution in [2.45, 2.75) is 4.90 Å². The van der Waals surface area contributed by atoms with E-state index in [1.165, 1.54) is 43.5 Å². The molecule has 26 heavy (non-hydrogen) atoms. The van der Waals surface area contributed by atoms with E-state index in [0.29, 0.717) is 0 Å². The molecule has 2 aromatic carbocycles. The number of hydrogen-bond donors (Lipinski definition) is 2. The van der Waals surface area contributed by atoms with Gasteiger partial charge in [-0.2, -0.15) is 0 Å². The fraction of sp³-hybridized carbons (Fsp3) is 0.133. The highest BCUT2D eigenvalue weighted by molar-refractivity contribution is 7.92. The Hall–Kier alpha value is -3.34. The third-order valence-corrected chi connectivity index (χ3v) is 4.54. The minimum atomic E-state index is -4.08. The number of carbonyl (C=O) groups is 1. The minimum Gasteiger partial charge on any atom is -0.496 e. The van der Waals surface area contributed by atoms with Crippen LogP contribution in [0.1, 0.15) is 0 Å². The molecule has 0 unspecified atom stereocenters. The second-order valence-electron chi connectivity index (χ2n) is 4.97. The maximum Gasteiger partial charge on any atom is 0.297 e. The van der Waals surface area contributed by atoms with Crippen molar-refractivity contribution in [3.8, 4) is 11.5 Å². The molecule has 2 rings (SSSR count). The Bertz CT molecular complexity index is 927. The molecule has 0 atom stereocenters. The average molecular weight is 381 g/mol. The normalized spacial score (nSPS) is 10.8. The summed E-state index contributed by atoms with van der Waals surface area (Å²) in [5.74, 6) is -0.205. The molecule has 0 spiro atoms. The SMILES string of the molecule is COc1ccc(NS(=O)(=O)c2ccc(OCC(N)=O)cc2)c([N+](=O)[O-])c1. The van der Waals surface area contributed by atoms with Gasteiger partial charge >= 0.3 is 0 Å². The first-order valence-electron chi connectivity index (χ1n) is 7.09. The molecule has 0 radical (unpaired) electrons. The van der Waals surface area contributed by atoms with Gasteiger partial charge in [-0.3, -0.25) is 19.6 Å². The van der Waals surface area contributed by atoms with Crippen LogP contribution in [-0.2, 0) is 14.8 Å². The van der Waals surface area contributed by atoms with Crippen LogP contribution in [0.3, 0.4) is 0 Å². The number of amides is 1. The lowest BCUT2D eigenvalue weighted by Gasteiger charge is -2.10. The van der Waals surface area contributed by atoms with Crippen LogP contribution in [0.15, 0.2) is 47.4 Å². The highest BCUT2D eigenvalue weighted by Crippen LogP contribution is 2.31. The van der Waals surface area contributed by atoms with Gasteiger partial charge in [-0.25, -0.2) is 8.42 Å². The van der Waals surface area contributed by atoms with Gasteiger partial charge in [-0.05, 0) is 36.4 Å². The molecule has 0 aliphatic rings. The summed E-state index contributed by atoms with van der Waals surface area (Å²) >= 11 is 0. The van der Waals surface area contributed by atoms with Crippen molar-refractivity contribution >= 4 is 27.3 Å². The monoisotopic (exact) mass is 381 g/mol. The lowest BCUT2D eigenvalue weighted by atomic mass is 10.2. The highest BCUT2D eigenvalue weighted by Gasteiger charge is 2.21. The molecule has 138 valence electrons. The van der Waals surface area contributed by atoms with Crippen LogP contribution >= 0.6 is 0 Å². The third kappa shape index (κ3) is 4.60. The molecule has 0 saturated heterocycles. The molecule has 11 heteroatoms. The van der Waals surface area contributed by atoms with E-state index in [1.807, 2.05) is 0 Å². The van der Waals surface area contributed by atoms with Crippen molar-refractivity contribution in [2.24, 2.45) is 5.73 Å². The number of ether oxygens (including phenoxy) is 2. The Morgan fingerprint density at radius 2 is 1.81 bits per heavy atom. The molecule has 0 bridgehead atoms. The van der Waals surface area contributed by atoms with Gasteiger partial charge in [0.2, 0.25) is 0 Å². The van der Waals surface area contributed by atoms with E-state index in [4.69, 9.17) is 15.2 Å². The Labute approximate surface area is 148 Å². The molecule has 2 aromatic rings. The second-order valence-corrected chi connectivity index (χ2v) is 6.65. The Morgan fingerprint density at radius 1 is 1.19 bits per heavy atom. The number of anilines is 1. The molecule has 1 amide bonds. The molecule has 3 N–H and O–H groups in total. The molecule has 0 saturated carbocycles. The van der Waals surface area contributed by atoms with Crippen molar-refractivity contribution in [2.75, 3.05) is 18.4 Å². The first kappa shape index (κ1) is 19.0. The van der Waals surface area contributed by atoms with Crippen LogP contribution in [0, 0.1) is 10.1 Å². The van der Waals surface area contributed by atoms with Crippen molar-refractivity contribution in [3.63, 3.8) is 0 Å². The van der Waals surface area contributed by atoms with E-state index < -0.39 is 26.5 Å². The zero-order valence-electron chi connectivity index (χ0n) is 13.5. The van der Waals surface area contributed by atoms with Crippen LogP contribution in [0.4, 0.5) is 11.4 Å². The fourth-order valence-electron chi connectivity index (χ4n) is 1.95. The van der Waals surface area contributed by atoms with Gasteiger partial charge in [-0.1, -0.05) is 0 Å². The summed E-state index contributed by atoms with van der Waals surface area (Å²) < 4.78 is 37.0. The molecule has 0 heterocycles. The first-order valence-corrected chi connectivity index (χ1v) is 8.57. The molecule has 10 nitrogen and oxygen atoms in total. The summed E-state index contributed by atoms with van der Waals surface area (Å²) in [6.07, 6.45) is 0. The summed E-state index contributed by atoms with van der Waals surface area (Å²) in [6.45, 7) is -0.345. The largest absolute Gasteiger partial charge is 0.496 e. The highest BCUT2D eigenvalue weighted by atomic mass is 32.2. The average Bonchev–Trinajstić information content (AvgIpc) is 2.60.